The summed E-state index contributed by atoms with van der Waals surface area (Å²) in [5, 5.41) is 15.7. The van der Waals surface area contributed by atoms with Crippen molar-refractivity contribution in [3.8, 4) is 23.0 Å². The summed E-state index contributed by atoms with van der Waals surface area (Å²) in [4.78, 5) is 16.1. The molecule has 0 fully saturated rings. The molecule has 2 aromatic carbocycles. The van der Waals surface area contributed by atoms with Gasteiger partial charge in [-0.2, -0.15) is 4.98 Å². The van der Waals surface area contributed by atoms with Crippen molar-refractivity contribution < 1.29 is 28.6 Å². The molecule has 0 spiro atoms. The van der Waals surface area contributed by atoms with Crippen molar-refractivity contribution >= 4 is 5.91 Å². The van der Waals surface area contributed by atoms with E-state index in [-0.39, 0.29) is 30.9 Å². The van der Waals surface area contributed by atoms with Crippen molar-refractivity contribution in [3.05, 3.63) is 59.7 Å². The number of hydrogen-bond acceptors (Lipinski definition) is 8. The number of benzene rings is 2. The summed E-state index contributed by atoms with van der Waals surface area (Å²) in [5.74, 6) is 1.71. The van der Waals surface area contributed by atoms with Crippen molar-refractivity contribution in [1.82, 2.24) is 15.5 Å². The summed E-state index contributed by atoms with van der Waals surface area (Å²) in [5.41, 5.74) is 0.987. The Kier molecular flexibility index (Phi) is 4.96. The van der Waals surface area contributed by atoms with E-state index in [9.17, 15) is 9.90 Å². The molecule has 0 radical (unpaired) electrons. The van der Waals surface area contributed by atoms with Gasteiger partial charge < -0.3 is 29.2 Å². The number of hydrogen-bond donors (Lipinski definition) is 2. The van der Waals surface area contributed by atoms with E-state index in [2.05, 4.69) is 15.5 Å². The number of aromatic nitrogens is 2. The van der Waals surface area contributed by atoms with Crippen LogP contribution < -0.4 is 19.5 Å². The van der Waals surface area contributed by atoms with Gasteiger partial charge in [-0.3, -0.25) is 4.79 Å². The molecule has 0 saturated carbocycles. The second-order valence-electron chi connectivity index (χ2n) is 5.99. The van der Waals surface area contributed by atoms with Gasteiger partial charge in [-0.25, -0.2) is 0 Å². The fourth-order valence-corrected chi connectivity index (χ4v) is 2.58. The first kappa shape index (κ1) is 17.7. The average molecular weight is 383 g/mol. The highest BCUT2D eigenvalue weighted by Gasteiger charge is 2.16. The molecule has 9 nitrogen and oxygen atoms in total. The van der Waals surface area contributed by atoms with Crippen LogP contribution in [0.1, 0.15) is 22.1 Å². The zero-order valence-corrected chi connectivity index (χ0v) is 14.8. The third-order valence-electron chi connectivity index (χ3n) is 4.01. The molecule has 0 atom stereocenters. The van der Waals surface area contributed by atoms with Crippen molar-refractivity contribution in [2.45, 2.75) is 13.0 Å². The molecule has 1 aromatic heterocycles. The average Bonchev–Trinajstić information content (AvgIpc) is 3.37. The quantitative estimate of drug-likeness (QED) is 0.637. The third-order valence-corrected chi connectivity index (χ3v) is 4.01. The minimum Gasteiger partial charge on any atom is -0.508 e. The molecule has 3 aromatic rings. The minimum absolute atomic E-state index is 0.0456. The number of phenols is 1. The van der Waals surface area contributed by atoms with Gasteiger partial charge in [-0.15, -0.1) is 0 Å². The maximum Gasteiger partial charge on any atom is 0.316 e. The molecule has 0 bridgehead atoms. The van der Waals surface area contributed by atoms with E-state index in [1.165, 1.54) is 0 Å². The van der Waals surface area contributed by atoms with E-state index in [1.807, 2.05) is 0 Å². The first-order valence-corrected chi connectivity index (χ1v) is 8.58. The van der Waals surface area contributed by atoms with Gasteiger partial charge in [-0.1, -0.05) is 17.3 Å². The van der Waals surface area contributed by atoms with E-state index in [1.54, 1.807) is 42.5 Å². The van der Waals surface area contributed by atoms with Crippen LogP contribution in [0.2, 0.25) is 0 Å². The summed E-state index contributed by atoms with van der Waals surface area (Å²) in [7, 11) is 0. The number of aromatic hydroxyl groups is 1. The number of nitrogens with one attached hydrogen (secondary N) is 1. The number of rotatable bonds is 7. The van der Waals surface area contributed by atoms with Crippen molar-refractivity contribution in [2.24, 2.45) is 0 Å². The van der Waals surface area contributed by atoms with Crippen LogP contribution in [-0.4, -0.2) is 34.5 Å². The second-order valence-corrected chi connectivity index (χ2v) is 5.99. The normalized spacial score (nSPS) is 12.0. The lowest BCUT2D eigenvalue weighted by atomic mass is 10.1. The summed E-state index contributed by atoms with van der Waals surface area (Å²) in [6.07, 6.45) is 0.611. The van der Waals surface area contributed by atoms with Gasteiger partial charge in [0.2, 0.25) is 12.6 Å². The van der Waals surface area contributed by atoms with Crippen molar-refractivity contribution in [2.75, 3.05) is 13.3 Å². The highest BCUT2D eigenvalue weighted by molar-refractivity contribution is 5.89. The fraction of sp³-hybridized carbons (Fsp3) is 0.211. The minimum atomic E-state index is -0.458. The molecule has 0 aliphatic carbocycles. The molecule has 2 heterocycles. The van der Waals surface area contributed by atoms with Gasteiger partial charge >= 0.3 is 11.8 Å². The summed E-state index contributed by atoms with van der Waals surface area (Å²) in [6, 6.07) is 12.0. The van der Waals surface area contributed by atoms with Crippen LogP contribution in [0.25, 0.3) is 0 Å². The van der Waals surface area contributed by atoms with E-state index in [0.717, 1.165) is 5.56 Å². The maximum absolute atomic E-state index is 12.1. The van der Waals surface area contributed by atoms with Crippen molar-refractivity contribution in [1.29, 1.82) is 0 Å². The fourth-order valence-electron chi connectivity index (χ4n) is 2.58. The highest BCUT2D eigenvalue weighted by Crippen LogP contribution is 2.35. The predicted molar refractivity (Wildman–Crippen MR) is 95.3 cm³/mol. The molecular formula is C19H17N3O6. The standard InChI is InChI=1S/C19H17N3O6/c23-13-3-1-12(2-4-13)7-8-20-18(24)19-21-17(22-28-19)10-25-14-5-6-15-16(9-14)27-11-26-15/h1-6,9,23H,7-8,10-11H2,(H,20,24). The molecule has 28 heavy (non-hydrogen) atoms. The largest absolute Gasteiger partial charge is 0.508 e. The molecule has 4 rings (SSSR count). The molecule has 9 heteroatoms. The van der Waals surface area contributed by atoms with E-state index in [4.69, 9.17) is 18.7 Å². The molecule has 1 amide bonds. The Morgan fingerprint density at radius 3 is 2.82 bits per heavy atom. The number of carbonyl (C=O) groups excluding carboxylic acids is 1. The van der Waals surface area contributed by atoms with Crippen LogP contribution in [-0.2, 0) is 13.0 Å². The van der Waals surface area contributed by atoms with E-state index >= 15 is 0 Å². The van der Waals surface area contributed by atoms with Gasteiger partial charge in [-0.05, 0) is 36.2 Å². The number of nitrogens with zero attached hydrogens (tertiary/aromatic N) is 2. The van der Waals surface area contributed by atoms with Gasteiger partial charge in [0.15, 0.2) is 18.1 Å². The third kappa shape index (κ3) is 4.14. The Morgan fingerprint density at radius 2 is 1.96 bits per heavy atom. The molecule has 144 valence electrons. The van der Waals surface area contributed by atoms with Crippen LogP contribution in [0.4, 0.5) is 0 Å². The lowest BCUT2D eigenvalue weighted by Crippen LogP contribution is -2.26. The number of amides is 1. The highest BCUT2D eigenvalue weighted by atomic mass is 16.7. The molecular weight excluding hydrogens is 366 g/mol. The summed E-state index contributed by atoms with van der Waals surface area (Å²) >= 11 is 0. The van der Waals surface area contributed by atoms with Crippen LogP contribution >= 0.6 is 0 Å². The van der Waals surface area contributed by atoms with E-state index in [0.29, 0.717) is 30.2 Å². The monoisotopic (exact) mass is 383 g/mol. The predicted octanol–water partition coefficient (Wildman–Crippen LogP) is 2.06. The van der Waals surface area contributed by atoms with Crippen LogP contribution in [0.5, 0.6) is 23.0 Å². The number of carbonyl (C=O) groups is 1. The SMILES string of the molecule is O=C(NCCc1ccc(O)cc1)c1nc(COc2ccc3c(c2)OCO3)no1. The zero-order chi connectivity index (χ0) is 19.3. The molecule has 1 aliphatic heterocycles. The Bertz CT molecular complexity index is 970. The van der Waals surface area contributed by atoms with Crippen LogP contribution in [0.3, 0.4) is 0 Å². The molecule has 0 unspecified atom stereocenters. The topological polar surface area (TPSA) is 116 Å². The first-order chi connectivity index (χ1) is 13.7. The van der Waals surface area contributed by atoms with E-state index < -0.39 is 5.91 Å². The van der Waals surface area contributed by atoms with Gasteiger partial charge in [0, 0.05) is 12.6 Å². The summed E-state index contributed by atoms with van der Waals surface area (Å²) in [6.45, 7) is 0.633. The molecule has 1 aliphatic rings. The van der Waals surface area contributed by atoms with Gasteiger partial charge in [0.25, 0.3) is 0 Å². The van der Waals surface area contributed by atoms with Gasteiger partial charge in [0.05, 0.1) is 0 Å². The zero-order valence-electron chi connectivity index (χ0n) is 14.8. The molecule has 0 saturated heterocycles. The molecule has 2 N–H and O–H groups in total. The number of fused-ring (bicyclic) bond motifs is 1. The Labute approximate surface area is 159 Å². The van der Waals surface area contributed by atoms with Crippen LogP contribution in [0, 0.1) is 0 Å². The Hall–Kier alpha value is -3.75. The lowest BCUT2D eigenvalue weighted by molar-refractivity contribution is 0.0910. The Balaban J connectivity index is 1.26. The van der Waals surface area contributed by atoms with Crippen LogP contribution in [0.15, 0.2) is 47.0 Å². The number of phenolic OH excluding ortho intramolecular Hbond substituents is 1. The Morgan fingerprint density at radius 1 is 1.14 bits per heavy atom. The van der Waals surface area contributed by atoms with Crippen molar-refractivity contribution in [3.63, 3.8) is 0 Å². The second kappa shape index (κ2) is 7.87. The van der Waals surface area contributed by atoms with Gasteiger partial charge in [0.1, 0.15) is 11.5 Å². The smallest absolute Gasteiger partial charge is 0.316 e. The number of ether oxygens (including phenoxy) is 3. The first-order valence-electron chi connectivity index (χ1n) is 8.58. The maximum atomic E-state index is 12.1. The summed E-state index contributed by atoms with van der Waals surface area (Å²) < 4.78 is 21.1. The lowest BCUT2D eigenvalue weighted by Gasteiger charge is -2.04.